The first-order valence-corrected chi connectivity index (χ1v) is 7.52. The molecule has 0 radical (unpaired) electrons. The number of ether oxygens (including phenoxy) is 1. The van der Waals surface area contributed by atoms with E-state index in [-0.39, 0.29) is 23.7 Å². The van der Waals surface area contributed by atoms with Gasteiger partial charge in [-0.2, -0.15) is 0 Å². The molecular formula is C16H19FN2O3. The van der Waals surface area contributed by atoms with E-state index in [9.17, 15) is 9.18 Å². The molecule has 1 saturated heterocycles. The highest BCUT2D eigenvalue weighted by atomic mass is 19.1. The molecule has 1 aromatic carbocycles. The zero-order valence-corrected chi connectivity index (χ0v) is 12.3. The average Bonchev–Trinajstić information content (AvgIpc) is 3.19. The predicted octanol–water partition coefficient (Wildman–Crippen LogP) is 1.67. The van der Waals surface area contributed by atoms with Crippen LogP contribution in [0.1, 0.15) is 18.4 Å². The molecule has 0 saturated carbocycles. The quantitative estimate of drug-likeness (QED) is 0.900. The van der Waals surface area contributed by atoms with E-state index >= 15 is 0 Å². The van der Waals surface area contributed by atoms with Crippen molar-refractivity contribution in [3.8, 4) is 0 Å². The van der Waals surface area contributed by atoms with Crippen LogP contribution < -0.4 is 5.32 Å². The molecule has 0 bridgehead atoms. The lowest BCUT2D eigenvalue weighted by Crippen LogP contribution is -2.36. The molecule has 2 unspecified atom stereocenters. The first kappa shape index (κ1) is 15.0. The molecule has 2 aliphatic heterocycles. The van der Waals surface area contributed by atoms with Crippen LogP contribution in [0.3, 0.4) is 0 Å². The van der Waals surface area contributed by atoms with Gasteiger partial charge in [-0.05, 0) is 24.1 Å². The maximum absolute atomic E-state index is 12.9. The predicted molar refractivity (Wildman–Crippen MR) is 79.0 cm³/mol. The molecule has 1 amide bonds. The first-order valence-electron chi connectivity index (χ1n) is 7.52. The van der Waals surface area contributed by atoms with Gasteiger partial charge in [0.25, 0.3) is 0 Å². The summed E-state index contributed by atoms with van der Waals surface area (Å²) in [5.41, 5.74) is 1.91. The molecule has 1 aromatic rings. The van der Waals surface area contributed by atoms with Gasteiger partial charge in [-0.15, -0.1) is 0 Å². The van der Waals surface area contributed by atoms with Crippen LogP contribution >= 0.6 is 0 Å². The van der Waals surface area contributed by atoms with Gasteiger partial charge in [-0.25, -0.2) is 4.39 Å². The van der Waals surface area contributed by atoms with Crippen LogP contribution in [-0.2, 0) is 20.8 Å². The van der Waals surface area contributed by atoms with Crippen molar-refractivity contribution in [2.75, 3.05) is 19.8 Å². The number of carbonyl (C=O) groups excluding carboxylic acids is 1. The van der Waals surface area contributed by atoms with Crippen molar-refractivity contribution in [2.24, 2.45) is 11.1 Å². The Bertz CT molecular complexity index is 553. The fourth-order valence-electron chi connectivity index (χ4n) is 2.64. The van der Waals surface area contributed by atoms with Crippen LogP contribution in [0.25, 0.3) is 0 Å². The van der Waals surface area contributed by atoms with Gasteiger partial charge in [-0.1, -0.05) is 17.3 Å². The number of halogens is 1. The van der Waals surface area contributed by atoms with Gasteiger partial charge < -0.3 is 14.9 Å². The molecule has 2 aliphatic rings. The molecule has 6 heteroatoms. The van der Waals surface area contributed by atoms with Crippen molar-refractivity contribution < 1.29 is 18.8 Å². The number of hydrogen-bond donors (Lipinski definition) is 1. The largest absolute Gasteiger partial charge is 0.390 e. The second-order valence-corrected chi connectivity index (χ2v) is 5.70. The normalized spacial score (nSPS) is 24.0. The molecule has 5 nitrogen and oxygen atoms in total. The number of benzene rings is 1. The number of rotatable bonds is 5. The Labute approximate surface area is 128 Å². The average molecular weight is 306 g/mol. The third-order valence-corrected chi connectivity index (χ3v) is 3.92. The molecule has 118 valence electrons. The van der Waals surface area contributed by atoms with E-state index in [1.54, 1.807) is 12.1 Å². The van der Waals surface area contributed by atoms with Crippen LogP contribution in [0.15, 0.2) is 29.4 Å². The fourth-order valence-corrected chi connectivity index (χ4v) is 2.64. The standard InChI is InChI=1S/C16H19FN2O3/c17-13-3-1-11(2-4-13)7-14-8-15(22-19-14)9-18-16(20)12-5-6-21-10-12/h1-4,12,15H,5-10H2,(H,18,20). The second kappa shape index (κ2) is 6.87. The van der Waals surface area contributed by atoms with Gasteiger partial charge in [0.2, 0.25) is 5.91 Å². The Hall–Kier alpha value is -1.95. The van der Waals surface area contributed by atoms with Gasteiger partial charge >= 0.3 is 0 Å². The monoisotopic (exact) mass is 306 g/mol. The van der Waals surface area contributed by atoms with Gasteiger partial charge in [0, 0.05) is 19.4 Å². The summed E-state index contributed by atoms with van der Waals surface area (Å²) >= 11 is 0. The van der Waals surface area contributed by atoms with E-state index in [4.69, 9.17) is 9.57 Å². The van der Waals surface area contributed by atoms with E-state index in [2.05, 4.69) is 10.5 Å². The molecule has 1 fully saturated rings. The minimum Gasteiger partial charge on any atom is -0.390 e. The second-order valence-electron chi connectivity index (χ2n) is 5.70. The van der Waals surface area contributed by atoms with Crippen LogP contribution in [-0.4, -0.2) is 37.5 Å². The van der Waals surface area contributed by atoms with E-state index in [0.717, 1.165) is 17.7 Å². The summed E-state index contributed by atoms with van der Waals surface area (Å²) in [5.74, 6) is -0.265. The summed E-state index contributed by atoms with van der Waals surface area (Å²) in [4.78, 5) is 17.2. The minimum absolute atomic E-state index is 0.0214. The number of hydrogen-bond acceptors (Lipinski definition) is 4. The number of nitrogens with one attached hydrogen (secondary N) is 1. The van der Waals surface area contributed by atoms with E-state index < -0.39 is 0 Å². The van der Waals surface area contributed by atoms with E-state index in [1.807, 2.05) is 0 Å². The Balaban J connectivity index is 1.41. The first-order chi connectivity index (χ1) is 10.7. The highest BCUT2D eigenvalue weighted by Gasteiger charge is 2.26. The molecule has 1 N–H and O–H groups in total. The SMILES string of the molecule is O=C(NCC1CC(Cc2ccc(F)cc2)=NO1)C1CCOC1. The summed E-state index contributed by atoms with van der Waals surface area (Å²) in [5, 5.41) is 6.95. The van der Waals surface area contributed by atoms with Crippen LogP contribution in [0.2, 0.25) is 0 Å². The molecule has 0 aromatic heterocycles. The number of amides is 1. The van der Waals surface area contributed by atoms with Crippen molar-refractivity contribution in [2.45, 2.75) is 25.4 Å². The van der Waals surface area contributed by atoms with Gasteiger partial charge in [0.05, 0.1) is 24.8 Å². The Morgan fingerprint density at radius 2 is 2.18 bits per heavy atom. The lowest BCUT2D eigenvalue weighted by molar-refractivity contribution is -0.125. The van der Waals surface area contributed by atoms with Crippen molar-refractivity contribution in [3.05, 3.63) is 35.6 Å². The van der Waals surface area contributed by atoms with Gasteiger partial charge in [-0.3, -0.25) is 4.79 Å². The smallest absolute Gasteiger partial charge is 0.225 e. The lowest BCUT2D eigenvalue weighted by Gasteiger charge is -2.12. The minimum atomic E-state index is -0.246. The highest BCUT2D eigenvalue weighted by molar-refractivity contribution is 5.87. The van der Waals surface area contributed by atoms with Crippen molar-refractivity contribution >= 4 is 11.6 Å². The Morgan fingerprint density at radius 3 is 2.91 bits per heavy atom. The maximum atomic E-state index is 12.9. The van der Waals surface area contributed by atoms with Crippen LogP contribution in [0, 0.1) is 11.7 Å². The summed E-state index contributed by atoms with van der Waals surface area (Å²) in [6, 6.07) is 6.36. The molecule has 2 atom stereocenters. The van der Waals surface area contributed by atoms with Gasteiger partial charge in [0.15, 0.2) is 0 Å². The van der Waals surface area contributed by atoms with E-state index in [0.29, 0.717) is 32.6 Å². The molecule has 3 rings (SSSR count). The third kappa shape index (κ3) is 3.82. The van der Waals surface area contributed by atoms with Gasteiger partial charge in [0.1, 0.15) is 11.9 Å². The summed E-state index contributed by atoms with van der Waals surface area (Å²) in [6.07, 6.45) is 1.98. The lowest BCUT2D eigenvalue weighted by atomic mass is 10.0. The maximum Gasteiger partial charge on any atom is 0.225 e. The fraction of sp³-hybridized carbons (Fsp3) is 0.500. The summed E-state index contributed by atoms with van der Waals surface area (Å²) in [6.45, 7) is 1.61. The van der Waals surface area contributed by atoms with Crippen molar-refractivity contribution in [1.82, 2.24) is 5.32 Å². The number of nitrogens with zero attached hydrogens (tertiary/aromatic N) is 1. The van der Waals surface area contributed by atoms with Crippen molar-refractivity contribution in [1.29, 1.82) is 0 Å². The van der Waals surface area contributed by atoms with Crippen LogP contribution in [0.4, 0.5) is 4.39 Å². The topological polar surface area (TPSA) is 59.9 Å². The molecule has 0 aliphatic carbocycles. The summed E-state index contributed by atoms with van der Waals surface area (Å²) < 4.78 is 18.1. The summed E-state index contributed by atoms with van der Waals surface area (Å²) in [7, 11) is 0. The zero-order valence-electron chi connectivity index (χ0n) is 12.3. The third-order valence-electron chi connectivity index (χ3n) is 3.92. The Morgan fingerprint density at radius 1 is 1.36 bits per heavy atom. The highest BCUT2D eigenvalue weighted by Crippen LogP contribution is 2.16. The number of carbonyl (C=O) groups is 1. The molecular weight excluding hydrogens is 287 g/mol. The number of oxime groups is 1. The van der Waals surface area contributed by atoms with E-state index in [1.165, 1.54) is 12.1 Å². The molecule has 0 spiro atoms. The molecule has 2 heterocycles. The van der Waals surface area contributed by atoms with Crippen molar-refractivity contribution in [3.63, 3.8) is 0 Å². The zero-order chi connectivity index (χ0) is 15.4. The van der Waals surface area contributed by atoms with Crippen LogP contribution in [0.5, 0.6) is 0 Å². The Kier molecular flexibility index (Phi) is 4.68. The molecule has 22 heavy (non-hydrogen) atoms.